The van der Waals surface area contributed by atoms with Crippen LogP contribution in [0.25, 0.3) is 101 Å². The van der Waals surface area contributed by atoms with Gasteiger partial charge in [-0.3, -0.25) is 0 Å². The average molecular weight is 921 g/mol. The Balaban J connectivity index is 1.01. The van der Waals surface area contributed by atoms with Crippen molar-refractivity contribution in [2.75, 3.05) is 4.90 Å². The summed E-state index contributed by atoms with van der Waals surface area (Å²) in [6.07, 6.45) is 6.63. The quantitative estimate of drug-likeness (QED) is 0.137. The van der Waals surface area contributed by atoms with E-state index in [9.17, 15) is 0 Å². The van der Waals surface area contributed by atoms with Crippen molar-refractivity contribution in [1.82, 2.24) is 14.5 Å². The topological polar surface area (TPSA) is 34.0 Å². The first kappa shape index (κ1) is 42.7. The Bertz CT molecular complexity index is 3940. The van der Waals surface area contributed by atoms with Gasteiger partial charge in [0.25, 0.3) is 0 Å². The van der Waals surface area contributed by atoms with Crippen molar-refractivity contribution in [2.45, 2.75) is 12.8 Å². The molecule has 0 radical (unpaired) electrons. The predicted octanol–water partition coefficient (Wildman–Crippen LogP) is 18.0. The number of aryl methyl sites for hydroxylation is 1. The number of nitrogens with zero attached hydrogens (tertiary/aromatic N) is 4. The maximum Gasteiger partial charge on any atom is 0.0979 e. The highest BCUT2D eigenvalue weighted by molar-refractivity contribution is 6.07. The Labute approximate surface area is 420 Å². The molecule has 2 heterocycles. The van der Waals surface area contributed by atoms with Crippen LogP contribution in [0, 0.1) is 0 Å². The Morgan fingerprint density at radius 1 is 0.361 bits per heavy atom. The Morgan fingerprint density at radius 2 is 0.806 bits per heavy atom. The number of para-hydroxylation sites is 2. The molecule has 0 saturated heterocycles. The molecule has 0 spiro atoms. The first-order valence-corrected chi connectivity index (χ1v) is 24.8. The molecule has 0 bridgehead atoms. The maximum atomic E-state index is 5.83. The second-order valence-corrected chi connectivity index (χ2v) is 18.4. The number of hydrogen-bond donors (Lipinski definition) is 0. The van der Waals surface area contributed by atoms with Crippen LogP contribution in [0.5, 0.6) is 0 Å². The normalized spacial score (nSPS) is 12.0. The van der Waals surface area contributed by atoms with Gasteiger partial charge in [-0.15, -0.1) is 0 Å². The zero-order valence-electron chi connectivity index (χ0n) is 39.6. The van der Waals surface area contributed by atoms with Gasteiger partial charge in [-0.05, 0) is 112 Å². The lowest BCUT2D eigenvalue weighted by molar-refractivity contribution is 0.967. The first-order chi connectivity index (χ1) is 35.7. The molecule has 4 heteroatoms. The molecule has 0 N–H and O–H groups in total. The van der Waals surface area contributed by atoms with Gasteiger partial charge in [0.1, 0.15) is 0 Å². The molecule has 340 valence electrons. The summed E-state index contributed by atoms with van der Waals surface area (Å²) >= 11 is 0. The smallest absolute Gasteiger partial charge is 0.0979 e. The second-order valence-electron chi connectivity index (χ2n) is 18.4. The van der Waals surface area contributed by atoms with Gasteiger partial charge in [-0.1, -0.05) is 206 Å². The molecule has 12 aromatic rings. The minimum absolute atomic E-state index is 0.821. The lowest BCUT2D eigenvalue weighted by Gasteiger charge is -2.26. The molecule has 0 unspecified atom stereocenters. The number of benzene rings is 10. The molecule has 0 aliphatic heterocycles. The molecule has 0 fully saturated rings. The summed E-state index contributed by atoms with van der Waals surface area (Å²) in [5.74, 6) is 0. The van der Waals surface area contributed by atoms with Gasteiger partial charge in [0.05, 0.1) is 27.9 Å². The van der Waals surface area contributed by atoms with Crippen molar-refractivity contribution in [3.8, 4) is 72.7 Å². The molecular formula is C68H48N4. The third kappa shape index (κ3) is 7.67. The molecule has 72 heavy (non-hydrogen) atoms. The third-order valence-corrected chi connectivity index (χ3v) is 14.1. The average Bonchev–Trinajstić information content (AvgIpc) is 3.80. The third-order valence-electron chi connectivity index (χ3n) is 14.1. The summed E-state index contributed by atoms with van der Waals surface area (Å²) in [6, 6.07) is 90.9. The van der Waals surface area contributed by atoms with Crippen LogP contribution in [-0.2, 0) is 6.42 Å². The number of allylic oxidation sites excluding steroid dienone is 1. The highest BCUT2D eigenvalue weighted by Crippen LogP contribution is 2.45. The van der Waals surface area contributed by atoms with E-state index in [1.54, 1.807) is 0 Å². The van der Waals surface area contributed by atoms with E-state index in [-0.39, 0.29) is 0 Å². The van der Waals surface area contributed by atoms with Crippen LogP contribution < -0.4 is 4.90 Å². The van der Waals surface area contributed by atoms with E-state index in [4.69, 9.17) is 9.97 Å². The van der Waals surface area contributed by atoms with Crippen LogP contribution >= 0.6 is 0 Å². The fourth-order valence-electron chi connectivity index (χ4n) is 10.8. The zero-order chi connectivity index (χ0) is 47.8. The monoisotopic (exact) mass is 920 g/mol. The fourth-order valence-corrected chi connectivity index (χ4v) is 10.8. The van der Waals surface area contributed by atoms with Crippen molar-refractivity contribution in [3.05, 3.63) is 272 Å². The van der Waals surface area contributed by atoms with E-state index >= 15 is 0 Å². The summed E-state index contributed by atoms with van der Waals surface area (Å²) in [7, 11) is 0. The highest BCUT2D eigenvalue weighted by Gasteiger charge is 2.24. The summed E-state index contributed by atoms with van der Waals surface area (Å²) in [4.78, 5) is 14.0. The zero-order valence-corrected chi connectivity index (χ0v) is 39.6. The van der Waals surface area contributed by atoms with Gasteiger partial charge in [-0.25, -0.2) is 9.97 Å². The molecule has 1 aliphatic rings. The number of rotatable bonds is 10. The van der Waals surface area contributed by atoms with Crippen LogP contribution in [0.2, 0.25) is 0 Å². The summed E-state index contributed by atoms with van der Waals surface area (Å²) in [5.41, 5.74) is 22.5. The lowest BCUT2D eigenvalue weighted by Crippen LogP contribution is -2.10. The maximum absolute atomic E-state index is 5.83. The summed E-state index contributed by atoms with van der Waals surface area (Å²) < 4.78 is 2.41. The first-order valence-electron chi connectivity index (χ1n) is 24.8. The van der Waals surface area contributed by atoms with Crippen molar-refractivity contribution >= 4 is 45.1 Å². The number of fused-ring (bicyclic) bond motifs is 4. The number of hydrogen-bond acceptors (Lipinski definition) is 3. The van der Waals surface area contributed by atoms with Gasteiger partial charge < -0.3 is 9.47 Å². The van der Waals surface area contributed by atoms with Gasteiger partial charge in [0.15, 0.2) is 0 Å². The van der Waals surface area contributed by atoms with Gasteiger partial charge in [-0.2, -0.15) is 0 Å². The van der Waals surface area contributed by atoms with E-state index < -0.39 is 0 Å². The molecule has 0 atom stereocenters. The standard InChI is InChI=1S/C68H48N4/c1-6-22-47(23-7-1)55-32-16-18-34-57(55)60-43-44-61(58-35-19-17-33-56(58)48-24-8-2-9-25-48)68-67(60)69-65(49-26-10-3-11-27-49)66(70-68)50-38-40-53(41-39-50)71(51-28-12-4-13-29-51)54-42-45-64-62(46-54)59-36-20-21-37-63(59)72(64)52-30-14-5-15-31-52/h1-19,21-35,37-46H,20,36H2. The molecule has 10 aromatic carbocycles. The van der Waals surface area contributed by atoms with Crippen molar-refractivity contribution in [1.29, 1.82) is 0 Å². The minimum atomic E-state index is 0.821. The summed E-state index contributed by atoms with van der Waals surface area (Å²) in [6.45, 7) is 0. The van der Waals surface area contributed by atoms with Gasteiger partial charge in [0, 0.05) is 56.1 Å². The molecule has 0 saturated carbocycles. The second kappa shape index (κ2) is 18.5. The Morgan fingerprint density at radius 3 is 1.36 bits per heavy atom. The van der Waals surface area contributed by atoms with Crippen molar-refractivity contribution < 1.29 is 0 Å². The lowest BCUT2D eigenvalue weighted by atomic mass is 9.89. The SMILES string of the molecule is C1=Cc2c(c3cc(N(c4ccccc4)c4ccc(-c5nc6c(-c7ccccc7-c7ccccc7)ccc(-c7ccccc7-c7ccccc7)c6nc5-c5ccccc5)cc4)ccc3n2-c2ccccc2)CC1. The van der Waals surface area contributed by atoms with E-state index in [0.29, 0.717) is 0 Å². The molecule has 13 rings (SSSR count). The van der Waals surface area contributed by atoms with Gasteiger partial charge in [0.2, 0.25) is 0 Å². The van der Waals surface area contributed by atoms with E-state index in [1.165, 1.54) is 27.8 Å². The molecule has 0 amide bonds. The van der Waals surface area contributed by atoms with Crippen LogP contribution in [0.3, 0.4) is 0 Å². The van der Waals surface area contributed by atoms with E-state index in [0.717, 1.165) is 108 Å². The highest BCUT2D eigenvalue weighted by atomic mass is 15.1. The minimum Gasteiger partial charge on any atom is -0.310 e. The Kier molecular flexibility index (Phi) is 11.0. The summed E-state index contributed by atoms with van der Waals surface area (Å²) in [5, 5.41) is 1.28. The Hall–Kier alpha value is -9.38. The van der Waals surface area contributed by atoms with Crippen molar-refractivity contribution in [2.24, 2.45) is 0 Å². The predicted molar refractivity (Wildman–Crippen MR) is 301 cm³/mol. The molecular weight excluding hydrogens is 873 g/mol. The molecule has 4 nitrogen and oxygen atoms in total. The van der Waals surface area contributed by atoms with Gasteiger partial charge >= 0.3 is 0 Å². The van der Waals surface area contributed by atoms with Crippen LogP contribution in [0.1, 0.15) is 17.7 Å². The largest absolute Gasteiger partial charge is 0.310 e. The van der Waals surface area contributed by atoms with Crippen LogP contribution in [0.15, 0.2) is 261 Å². The fraction of sp³-hybridized carbons (Fsp3) is 0.0294. The molecule has 1 aliphatic carbocycles. The van der Waals surface area contributed by atoms with Crippen LogP contribution in [-0.4, -0.2) is 14.5 Å². The van der Waals surface area contributed by atoms with E-state index in [2.05, 4.69) is 276 Å². The number of aromatic nitrogens is 3. The van der Waals surface area contributed by atoms with E-state index in [1.807, 2.05) is 0 Å². The molecule has 2 aromatic heterocycles. The number of anilines is 3. The van der Waals surface area contributed by atoms with Crippen LogP contribution in [0.4, 0.5) is 17.1 Å². The van der Waals surface area contributed by atoms with Crippen molar-refractivity contribution in [3.63, 3.8) is 0 Å².